The van der Waals surface area contributed by atoms with Crippen molar-refractivity contribution in [2.75, 3.05) is 19.6 Å². The summed E-state index contributed by atoms with van der Waals surface area (Å²) in [4.78, 5) is 14.3. The fourth-order valence-electron chi connectivity index (χ4n) is 3.15. The monoisotopic (exact) mass is 253 g/mol. The largest absolute Gasteiger partial charge is 0.353 e. The molecule has 4 heteroatoms. The fraction of sp³-hybridized carbons (Fsp3) is 0.929. The number of hydrogen-bond donors (Lipinski definition) is 2. The summed E-state index contributed by atoms with van der Waals surface area (Å²) in [5.41, 5.74) is 0. The lowest BCUT2D eigenvalue weighted by Crippen LogP contribution is -2.48. The van der Waals surface area contributed by atoms with Crippen LogP contribution in [0, 0.1) is 0 Å². The minimum atomic E-state index is 0.189. The van der Waals surface area contributed by atoms with Crippen LogP contribution in [0.2, 0.25) is 0 Å². The second-order valence-corrected chi connectivity index (χ2v) is 5.76. The molecule has 2 fully saturated rings. The topological polar surface area (TPSA) is 44.4 Å². The highest BCUT2D eigenvalue weighted by atomic mass is 16.2. The smallest absolute Gasteiger partial charge is 0.234 e. The van der Waals surface area contributed by atoms with Crippen LogP contribution in [0.25, 0.3) is 0 Å². The molecule has 0 saturated carbocycles. The maximum absolute atomic E-state index is 12.0. The molecule has 2 N–H and O–H groups in total. The summed E-state index contributed by atoms with van der Waals surface area (Å²) < 4.78 is 0. The number of hydrogen-bond acceptors (Lipinski definition) is 3. The molecule has 0 aliphatic carbocycles. The number of carbonyl (C=O) groups excluding carboxylic acids is 1. The normalized spacial score (nSPS) is 30.6. The number of amides is 1. The Bertz CT molecular complexity index is 276. The van der Waals surface area contributed by atoms with Gasteiger partial charge in [0.1, 0.15) is 0 Å². The second-order valence-electron chi connectivity index (χ2n) is 5.76. The molecule has 1 amide bonds. The van der Waals surface area contributed by atoms with Crippen molar-refractivity contribution >= 4 is 5.91 Å². The Kier molecular flexibility index (Phi) is 5.01. The van der Waals surface area contributed by atoms with E-state index in [1.165, 1.54) is 25.7 Å². The van der Waals surface area contributed by atoms with Crippen LogP contribution >= 0.6 is 0 Å². The highest BCUT2D eigenvalue weighted by Gasteiger charge is 2.33. The van der Waals surface area contributed by atoms with Gasteiger partial charge in [0.15, 0.2) is 0 Å². The van der Waals surface area contributed by atoms with Gasteiger partial charge < -0.3 is 10.6 Å². The Labute approximate surface area is 110 Å². The average molecular weight is 253 g/mol. The van der Waals surface area contributed by atoms with Crippen LogP contribution < -0.4 is 10.6 Å². The third-order valence-corrected chi connectivity index (χ3v) is 4.34. The van der Waals surface area contributed by atoms with E-state index in [1.54, 1.807) is 0 Å². The summed E-state index contributed by atoms with van der Waals surface area (Å²) in [6, 6.07) is 1.49. The van der Waals surface area contributed by atoms with Crippen molar-refractivity contribution in [1.82, 2.24) is 15.5 Å². The summed E-state index contributed by atoms with van der Waals surface area (Å²) in [5.74, 6) is 0.189. The van der Waals surface area contributed by atoms with E-state index in [0.29, 0.717) is 24.7 Å². The van der Waals surface area contributed by atoms with E-state index in [1.807, 2.05) is 0 Å². The summed E-state index contributed by atoms with van der Waals surface area (Å²) in [5, 5.41) is 6.65. The zero-order chi connectivity index (χ0) is 13.0. The molecule has 3 unspecified atom stereocenters. The van der Waals surface area contributed by atoms with Gasteiger partial charge >= 0.3 is 0 Å². The van der Waals surface area contributed by atoms with Crippen LogP contribution in [-0.2, 0) is 4.79 Å². The standard InChI is InChI=1S/C14H27N3O/c1-3-11(2)16-14(18)10-17-9-5-7-13(17)12-6-4-8-15-12/h11-13,15H,3-10H2,1-2H3,(H,16,18). The van der Waals surface area contributed by atoms with E-state index in [9.17, 15) is 4.79 Å². The molecule has 2 aliphatic rings. The molecule has 0 radical (unpaired) electrons. The molecular formula is C14H27N3O. The quantitative estimate of drug-likeness (QED) is 0.771. The Hall–Kier alpha value is -0.610. The summed E-state index contributed by atoms with van der Waals surface area (Å²) >= 11 is 0. The van der Waals surface area contributed by atoms with Gasteiger partial charge in [0.05, 0.1) is 6.54 Å². The predicted molar refractivity (Wildman–Crippen MR) is 73.5 cm³/mol. The zero-order valence-corrected chi connectivity index (χ0v) is 11.7. The first-order valence-electron chi connectivity index (χ1n) is 7.47. The molecule has 3 atom stereocenters. The van der Waals surface area contributed by atoms with Crippen molar-refractivity contribution in [2.24, 2.45) is 0 Å². The molecule has 0 aromatic heterocycles. The molecule has 104 valence electrons. The molecule has 4 nitrogen and oxygen atoms in total. The van der Waals surface area contributed by atoms with Gasteiger partial charge in [-0.3, -0.25) is 9.69 Å². The molecule has 0 aromatic rings. The van der Waals surface area contributed by atoms with Gasteiger partial charge in [0.25, 0.3) is 0 Å². The summed E-state index contributed by atoms with van der Waals surface area (Å²) in [6.07, 6.45) is 6.04. The van der Waals surface area contributed by atoms with Crippen LogP contribution in [0.3, 0.4) is 0 Å². The van der Waals surface area contributed by atoms with E-state index in [4.69, 9.17) is 0 Å². The lowest BCUT2D eigenvalue weighted by molar-refractivity contribution is -0.123. The molecule has 0 aromatic carbocycles. The Morgan fingerprint density at radius 1 is 1.44 bits per heavy atom. The zero-order valence-electron chi connectivity index (χ0n) is 11.7. The lowest BCUT2D eigenvalue weighted by Gasteiger charge is -2.29. The van der Waals surface area contributed by atoms with Gasteiger partial charge in [-0.1, -0.05) is 6.92 Å². The maximum Gasteiger partial charge on any atom is 0.234 e. The van der Waals surface area contributed by atoms with E-state index in [-0.39, 0.29) is 5.91 Å². The molecular weight excluding hydrogens is 226 g/mol. The van der Waals surface area contributed by atoms with E-state index in [0.717, 1.165) is 19.5 Å². The van der Waals surface area contributed by atoms with E-state index in [2.05, 4.69) is 29.4 Å². The minimum absolute atomic E-state index is 0.189. The highest BCUT2D eigenvalue weighted by molar-refractivity contribution is 5.78. The van der Waals surface area contributed by atoms with Gasteiger partial charge in [0.2, 0.25) is 5.91 Å². The predicted octanol–water partition coefficient (Wildman–Crippen LogP) is 1.12. The SMILES string of the molecule is CCC(C)NC(=O)CN1CCCC1C1CCCN1. The highest BCUT2D eigenvalue weighted by Crippen LogP contribution is 2.24. The van der Waals surface area contributed by atoms with Crippen LogP contribution in [-0.4, -0.2) is 48.6 Å². The number of nitrogens with zero attached hydrogens (tertiary/aromatic N) is 1. The Morgan fingerprint density at radius 3 is 2.94 bits per heavy atom. The molecule has 0 spiro atoms. The molecule has 2 aliphatic heterocycles. The van der Waals surface area contributed by atoms with Crippen LogP contribution in [0.4, 0.5) is 0 Å². The van der Waals surface area contributed by atoms with E-state index >= 15 is 0 Å². The number of rotatable bonds is 5. The third-order valence-electron chi connectivity index (χ3n) is 4.34. The van der Waals surface area contributed by atoms with Crippen molar-refractivity contribution in [3.8, 4) is 0 Å². The summed E-state index contributed by atoms with van der Waals surface area (Å²) in [6.45, 7) is 6.97. The Morgan fingerprint density at radius 2 is 2.28 bits per heavy atom. The fourth-order valence-corrected chi connectivity index (χ4v) is 3.15. The Balaban J connectivity index is 1.81. The molecule has 2 rings (SSSR count). The van der Waals surface area contributed by atoms with Crippen LogP contribution in [0.1, 0.15) is 46.0 Å². The average Bonchev–Trinajstić information content (AvgIpc) is 2.98. The second kappa shape index (κ2) is 6.53. The van der Waals surface area contributed by atoms with Crippen molar-refractivity contribution in [3.05, 3.63) is 0 Å². The molecule has 2 saturated heterocycles. The van der Waals surface area contributed by atoms with Gasteiger partial charge in [-0.25, -0.2) is 0 Å². The van der Waals surface area contributed by atoms with Gasteiger partial charge in [0, 0.05) is 18.1 Å². The number of nitrogens with one attached hydrogen (secondary N) is 2. The third kappa shape index (κ3) is 3.45. The van der Waals surface area contributed by atoms with Crippen molar-refractivity contribution < 1.29 is 4.79 Å². The van der Waals surface area contributed by atoms with Gasteiger partial charge in [-0.15, -0.1) is 0 Å². The first-order valence-corrected chi connectivity index (χ1v) is 7.47. The number of carbonyl (C=O) groups is 1. The molecule has 0 bridgehead atoms. The number of likely N-dealkylation sites (tertiary alicyclic amines) is 1. The molecule has 2 heterocycles. The van der Waals surface area contributed by atoms with Gasteiger partial charge in [-0.05, 0) is 52.1 Å². The van der Waals surface area contributed by atoms with Crippen molar-refractivity contribution in [2.45, 2.75) is 64.1 Å². The van der Waals surface area contributed by atoms with Crippen LogP contribution in [0.15, 0.2) is 0 Å². The minimum Gasteiger partial charge on any atom is -0.353 e. The van der Waals surface area contributed by atoms with Crippen LogP contribution in [0.5, 0.6) is 0 Å². The lowest BCUT2D eigenvalue weighted by atomic mass is 10.0. The first-order chi connectivity index (χ1) is 8.70. The van der Waals surface area contributed by atoms with E-state index < -0.39 is 0 Å². The summed E-state index contributed by atoms with van der Waals surface area (Å²) in [7, 11) is 0. The molecule has 18 heavy (non-hydrogen) atoms. The van der Waals surface area contributed by atoms with Crippen molar-refractivity contribution in [1.29, 1.82) is 0 Å². The first kappa shape index (κ1) is 13.8. The van der Waals surface area contributed by atoms with Gasteiger partial charge in [-0.2, -0.15) is 0 Å². The maximum atomic E-state index is 12.0. The van der Waals surface area contributed by atoms with Crippen molar-refractivity contribution in [3.63, 3.8) is 0 Å².